The molecule has 0 rings (SSSR count). The topological polar surface area (TPSA) is 0 Å². The van der Waals surface area contributed by atoms with Crippen LogP contribution >= 0.6 is 43.0 Å². The largest absolute Gasteiger partial charge is 0.396 e. The summed E-state index contributed by atoms with van der Waals surface area (Å²) < 4.78 is -0.0694. The van der Waals surface area contributed by atoms with Crippen LogP contribution in [0.15, 0.2) is 0 Å². The Bertz CT molecular complexity index is 10.8. The monoisotopic (exact) mass is 204 g/mol. The fourth-order valence-electron chi connectivity index (χ4n) is 0. The highest BCUT2D eigenvalue weighted by molar-refractivity contribution is 9.50. The molecule has 0 heterocycles. The lowest BCUT2D eigenvalue weighted by molar-refractivity contribution is 4.54. The van der Waals surface area contributed by atoms with Gasteiger partial charge >= 0.3 is 3.78 Å². The third-order valence-electron chi connectivity index (χ3n) is 0. The van der Waals surface area contributed by atoms with Crippen molar-refractivity contribution in [3.05, 3.63) is 0 Å². The van der Waals surface area contributed by atoms with Gasteiger partial charge in [0, 0.05) is 0 Å². The molecule has 0 saturated heterocycles. The van der Waals surface area contributed by atoms with E-state index in [1.54, 1.807) is 0 Å². The quantitative estimate of drug-likeness (QED) is 0.532. The summed E-state index contributed by atoms with van der Waals surface area (Å²) in [6.07, 6.45) is 0. The molecule has 0 nitrogen and oxygen atoms in total. The van der Waals surface area contributed by atoms with Gasteiger partial charge in [0.05, 0.1) is 0 Å². The summed E-state index contributed by atoms with van der Waals surface area (Å²) in [5.41, 5.74) is 0. The maximum atomic E-state index is 5.11. The van der Waals surface area contributed by atoms with Crippen molar-refractivity contribution in [1.82, 2.24) is 0 Å². The summed E-state index contributed by atoms with van der Waals surface area (Å²) in [5.74, 6) is 0. The number of halogens is 3. The molecule has 0 saturated carbocycles. The normalized spacial score (nSPS) is 6.75. The van der Waals surface area contributed by atoms with Crippen LogP contribution in [-0.4, -0.2) is 3.78 Å². The van der Waals surface area contributed by atoms with Gasteiger partial charge in [0.15, 0.2) is 0 Å². The Hall–Kier alpha value is 1.31. The molecular formula is BBr2Cl. The Balaban J connectivity index is 2.32. The van der Waals surface area contributed by atoms with Crippen LogP contribution in [0.3, 0.4) is 0 Å². The molecule has 0 unspecified atom stereocenters. The average Bonchev–Trinajstić information content (AvgIpc) is 0.811. The van der Waals surface area contributed by atoms with E-state index in [2.05, 4.69) is 31.5 Å². The van der Waals surface area contributed by atoms with E-state index in [1.165, 1.54) is 0 Å². The third kappa shape index (κ3) is 10.3. The van der Waals surface area contributed by atoms with Crippen molar-refractivity contribution >= 4 is 46.8 Å². The third-order valence-corrected chi connectivity index (χ3v) is 0. The second kappa shape index (κ2) is 2.55. The molecule has 0 bridgehead atoms. The van der Waals surface area contributed by atoms with Gasteiger partial charge in [-0.3, -0.25) is 0 Å². The molecule has 0 amide bonds. The fourth-order valence-corrected chi connectivity index (χ4v) is 0. The van der Waals surface area contributed by atoms with Gasteiger partial charge in [-0.05, 0) is 0 Å². The van der Waals surface area contributed by atoms with Crippen LogP contribution in [0.5, 0.6) is 0 Å². The van der Waals surface area contributed by atoms with E-state index in [9.17, 15) is 0 Å². The van der Waals surface area contributed by atoms with Gasteiger partial charge in [-0.2, -0.15) is 11.5 Å². The molecule has 0 aliphatic rings. The highest BCUT2D eigenvalue weighted by Gasteiger charge is 1.89. The molecule has 0 spiro atoms. The Morgan fingerprint density at radius 3 is 1.50 bits per heavy atom. The van der Waals surface area contributed by atoms with E-state index < -0.39 is 0 Å². The minimum atomic E-state index is -0.0694. The number of rotatable bonds is 0. The van der Waals surface area contributed by atoms with Crippen molar-refractivity contribution in [2.45, 2.75) is 0 Å². The summed E-state index contributed by atoms with van der Waals surface area (Å²) in [6, 6.07) is 0. The number of hydrogen-bond acceptors (Lipinski definition) is 0. The zero-order valence-electron chi connectivity index (χ0n) is 1.71. The molecule has 0 fully saturated rings. The summed E-state index contributed by atoms with van der Waals surface area (Å²) >= 11 is 11.0. The van der Waals surface area contributed by atoms with Crippen LogP contribution in [0, 0.1) is 0 Å². The minimum absolute atomic E-state index is 0.0694. The first kappa shape index (κ1) is 5.31. The summed E-state index contributed by atoms with van der Waals surface area (Å²) in [4.78, 5) is 0. The second-order valence-electron chi connectivity index (χ2n) is 0.247. The van der Waals surface area contributed by atoms with Crippen molar-refractivity contribution in [3.8, 4) is 0 Å². The van der Waals surface area contributed by atoms with Crippen molar-refractivity contribution < 1.29 is 0 Å². The van der Waals surface area contributed by atoms with Gasteiger partial charge < -0.3 is 0 Å². The molecule has 0 aromatic heterocycles. The van der Waals surface area contributed by atoms with Crippen LogP contribution in [-0.2, 0) is 0 Å². The van der Waals surface area contributed by atoms with Crippen LogP contribution in [0.4, 0.5) is 0 Å². The fraction of sp³-hybridized carbons (Fsp3) is 0. The van der Waals surface area contributed by atoms with Crippen LogP contribution in [0.1, 0.15) is 0 Å². The summed E-state index contributed by atoms with van der Waals surface area (Å²) in [6.45, 7) is 0. The van der Waals surface area contributed by atoms with E-state index in [4.69, 9.17) is 11.5 Å². The lowest BCUT2D eigenvalue weighted by Gasteiger charge is -1.62. The van der Waals surface area contributed by atoms with E-state index >= 15 is 0 Å². The maximum Gasteiger partial charge on any atom is 0.396 e. The smallest absolute Gasteiger partial charge is 0.161 e. The van der Waals surface area contributed by atoms with Gasteiger partial charge in [0.2, 0.25) is 0 Å². The highest BCUT2D eigenvalue weighted by atomic mass is 79.9. The SMILES string of the molecule is ClB(Br)Br. The molecule has 4 heteroatoms. The summed E-state index contributed by atoms with van der Waals surface area (Å²) in [5, 5.41) is 0. The average molecular weight is 206 g/mol. The van der Waals surface area contributed by atoms with Gasteiger partial charge in [0.1, 0.15) is 0 Å². The molecule has 4 heavy (non-hydrogen) atoms. The van der Waals surface area contributed by atoms with Crippen LogP contribution in [0.25, 0.3) is 0 Å². The lowest BCUT2D eigenvalue weighted by atomic mass is 10.7. The van der Waals surface area contributed by atoms with Crippen molar-refractivity contribution in [3.63, 3.8) is 0 Å². The van der Waals surface area contributed by atoms with E-state index in [-0.39, 0.29) is 3.78 Å². The Labute approximate surface area is 46.8 Å². The predicted molar refractivity (Wildman–Crippen MR) is 29.5 cm³/mol. The van der Waals surface area contributed by atoms with Gasteiger partial charge in [-0.15, -0.1) is 31.5 Å². The maximum absolute atomic E-state index is 5.11. The van der Waals surface area contributed by atoms with E-state index in [1.807, 2.05) is 0 Å². The second-order valence-corrected chi connectivity index (χ2v) is 4.80. The van der Waals surface area contributed by atoms with Gasteiger partial charge in [0.25, 0.3) is 0 Å². The molecule has 24 valence electrons. The first-order valence-electron chi connectivity index (χ1n) is 0.655. The Kier molecular flexibility index (Phi) is 3.38. The van der Waals surface area contributed by atoms with Crippen molar-refractivity contribution in [1.29, 1.82) is 0 Å². The first-order valence-corrected chi connectivity index (χ1v) is 2.92. The first-order chi connectivity index (χ1) is 1.73. The number of hydrogen-bond donors (Lipinski definition) is 0. The predicted octanol–water partition coefficient (Wildman–Crippen LogP) is 2.00. The van der Waals surface area contributed by atoms with E-state index in [0.29, 0.717) is 0 Å². The minimum Gasteiger partial charge on any atom is -0.161 e. The molecule has 0 radical (unpaired) electrons. The van der Waals surface area contributed by atoms with Gasteiger partial charge in [-0.1, -0.05) is 0 Å². The molecule has 0 aliphatic carbocycles. The van der Waals surface area contributed by atoms with Crippen LogP contribution in [0.2, 0.25) is 0 Å². The zero-order valence-corrected chi connectivity index (χ0v) is 5.64. The Morgan fingerprint density at radius 2 is 1.50 bits per heavy atom. The van der Waals surface area contributed by atoms with Gasteiger partial charge in [-0.25, -0.2) is 0 Å². The molecule has 0 aromatic carbocycles. The molecule has 0 aliphatic heterocycles. The van der Waals surface area contributed by atoms with Crippen molar-refractivity contribution in [2.75, 3.05) is 0 Å². The molecule has 0 atom stereocenters. The molecule has 0 aromatic rings. The Morgan fingerprint density at radius 1 is 1.50 bits per heavy atom. The molecule has 0 N–H and O–H groups in total. The van der Waals surface area contributed by atoms with E-state index in [0.717, 1.165) is 0 Å². The van der Waals surface area contributed by atoms with Crippen LogP contribution < -0.4 is 0 Å². The standard InChI is InChI=1S/BBr2Cl/c2-1(3)4. The lowest BCUT2D eigenvalue weighted by Crippen LogP contribution is -1.62. The molecular weight excluding hydrogens is 206 g/mol. The summed E-state index contributed by atoms with van der Waals surface area (Å²) in [7, 11) is 0. The zero-order chi connectivity index (χ0) is 3.58. The van der Waals surface area contributed by atoms with Crippen molar-refractivity contribution in [2.24, 2.45) is 0 Å². The highest BCUT2D eigenvalue weighted by Crippen LogP contribution is 2.04.